The third-order valence-electron chi connectivity index (χ3n) is 3.69. The third kappa shape index (κ3) is 2.73. The van der Waals surface area contributed by atoms with Gasteiger partial charge in [0.1, 0.15) is 5.82 Å². The fourth-order valence-corrected chi connectivity index (χ4v) is 2.85. The topological polar surface area (TPSA) is 19.4 Å². The van der Waals surface area contributed by atoms with E-state index in [9.17, 15) is 0 Å². The van der Waals surface area contributed by atoms with E-state index in [0.29, 0.717) is 0 Å². The number of halogens is 1. The van der Waals surface area contributed by atoms with Crippen LogP contribution in [0.4, 0.5) is 11.5 Å². The highest BCUT2D eigenvalue weighted by molar-refractivity contribution is 6.32. The van der Waals surface area contributed by atoms with Crippen molar-refractivity contribution < 1.29 is 0 Å². The molecule has 104 valence electrons. The van der Waals surface area contributed by atoms with Crippen LogP contribution in [0.1, 0.15) is 5.56 Å². The third-order valence-corrected chi connectivity index (χ3v) is 3.98. The number of aryl methyl sites for hydroxylation is 1. The minimum absolute atomic E-state index is 0.733. The van der Waals surface area contributed by atoms with Gasteiger partial charge in [-0.25, -0.2) is 4.98 Å². The molecule has 0 amide bonds. The Hall–Kier alpha value is -1.74. The van der Waals surface area contributed by atoms with E-state index in [-0.39, 0.29) is 0 Å². The molecule has 0 unspecified atom stereocenters. The molecule has 0 saturated carbocycles. The molecule has 2 heterocycles. The van der Waals surface area contributed by atoms with Crippen LogP contribution in [0.25, 0.3) is 0 Å². The lowest BCUT2D eigenvalue weighted by Gasteiger charge is -2.37. The number of aromatic nitrogens is 1. The molecule has 0 N–H and O–H groups in total. The van der Waals surface area contributed by atoms with Crippen LogP contribution >= 0.6 is 11.6 Å². The van der Waals surface area contributed by atoms with Crippen LogP contribution in [-0.4, -0.2) is 31.2 Å². The molecule has 20 heavy (non-hydrogen) atoms. The number of piperazine rings is 1. The van der Waals surface area contributed by atoms with Gasteiger partial charge in [-0.15, -0.1) is 0 Å². The lowest BCUT2D eigenvalue weighted by atomic mass is 10.2. The summed E-state index contributed by atoms with van der Waals surface area (Å²) in [5, 5.41) is 0.733. The van der Waals surface area contributed by atoms with Crippen molar-refractivity contribution in [3.05, 3.63) is 53.2 Å². The zero-order valence-corrected chi connectivity index (χ0v) is 12.3. The predicted molar refractivity (Wildman–Crippen MR) is 84.9 cm³/mol. The van der Waals surface area contributed by atoms with Gasteiger partial charge in [0.15, 0.2) is 0 Å². The first-order valence-electron chi connectivity index (χ1n) is 6.91. The maximum Gasteiger partial charge on any atom is 0.147 e. The minimum atomic E-state index is 0.733. The summed E-state index contributed by atoms with van der Waals surface area (Å²) < 4.78 is 0. The Labute approximate surface area is 124 Å². The van der Waals surface area contributed by atoms with Gasteiger partial charge in [-0.2, -0.15) is 0 Å². The molecule has 0 radical (unpaired) electrons. The van der Waals surface area contributed by atoms with Gasteiger partial charge in [-0.3, -0.25) is 0 Å². The smallest absolute Gasteiger partial charge is 0.147 e. The average molecular weight is 288 g/mol. The highest BCUT2D eigenvalue weighted by atomic mass is 35.5. The van der Waals surface area contributed by atoms with E-state index in [1.165, 1.54) is 11.3 Å². The van der Waals surface area contributed by atoms with E-state index >= 15 is 0 Å². The van der Waals surface area contributed by atoms with E-state index in [4.69, 9.17) is 11.6 Å². The van der Waals surface area contributed by atoms with E-state index in [1.54, 1.807) is 6.20 Å². The van der Waals surface area contributed by atoms with Gasteiger partial charge in [-0.05, 0) is 36.8 Å². The SMILES string of the molecule is Cc1cccc(N2CCN(c3ncccc3Cl)CC2)c1. The lowest BCUT2D eigenvalue weighted by molar-refractivity contribution is 0.647. The summed E-state index contributed by atoms with van der Waals surface area (Å²) in [6.07, 6.45) is 1.80. The molecule has 3 nitrogen and oxygen atoms in total. The van der Waals surface area contributed by atoms with Crippen molar-refractivity contribution in [2.45, 2.75) is 6.92 Å². The van der Waals surface area contributed by atoms with Crippen molar-refractivity contribution in [1.82, 2.24) is 4.98 Å². The monoisotopic (exact) mass is 287 g/mol. The van der Waals surface area contributed by atoms with Crippen LogP contribution in [0.2, 0.25) is 5.02 Å². The highest BCUT2D eigenvalue weighted by Gasteiger charge is 2.19. The van der Waals surface area contributed by atoms with E-state index in [0.717, 1.165) is 37.0 Å². The Bertz CT molecular complexity index is 592. The standard InChI is InChI=1S/C16H18ClN3/c1-13-4-2-5-14(12-13)19-8-10-20(11-9-19)16-15(17)6-3-7-18-16/h2-7,12H,8-11H2,1H3. The summed E-state index contributed by atoms with van der Waals surface area (Å²) in [4.78, 5) is 9.06. The Morgan fingerprint density at radius 2 is 1.75 bits per heavy atom. The second kappa shape index (κ2) is 5.71. The molecule has 1 aliphatic heterocycles. The number of hydrogen-bond donors (Lipinski definition) is 0. The van der Waals surface area contributed by atoms with Gasteiger partial charge in [-0.1, -0.05) is 23.7 Å². The van der Waals surface area contributed by atoms with Crippen LogP contribution in [0, 0.1) is 6.92 Å². The number of benzene rings is 1. The fourth-order valence-electron chi connectivity index (χ4n) is 2.61. The molecule has 3 rings (SSSR count). The largest absolute Gasteiger partial charge is 0.368 e. The molecule has 1 aromatic heterocycles. The van der Waals surface area contributed by atoms with Gasteiger partial charge < -0.3 is 9.80 Å². The van der Waals surface area contributed by atoms with Crippen molar-refractivity contribution >= 4 is 23.1 Å². The lowest BCUT2D eigenvalue weighted by Crippen LogP contribution is -2.46. The Morgan fingerprint density at radius 1 is 1.00 bits per heavy atom. The summed E-state index contributed by atoms with van der Waals surface area (Å²) in [7, 11) is 0. The molecule has 1 saturated heterocycles. The molecule has 1 aliphatic rings. The van der Waals surface area contributed by atoms with Crippen molar-refractivity contribution in [3.8, 4) is 0 Å². The van der Waals surface area contributed by atoms with Crippen LogP contribution in [0.3, 0.4) is 0 Å². The van der Waals surface area contributed by atoms with E-state index in [2.05, 4.69) is 46.0 Å². The highest BCUT2D eigenvalue weighted by Crippen LogP contribution is 2.25. The predicted octanol–water partition coefficient (Wildman–Crippen LogP) is 3.37. The van der Waals surface area contributed by atoms with Crippen LogP contribution < -0.4 is 9.80 Å². The van der Waals surface area contributed by atoms with Crippen molar-refractivity contribution in [2.24, 2.45) is 0 Å². The molecular weight excluding hydrogens is 270 g/mol. The quantitative estimate of drug-likeness (QED) is 0.844. The van der Waals surface area contributed by atoms with Crippen LogP contribution in [0.5, 0.6) is 0 Å². The van der Waals surface area contributed by atoms with Crippen LogP contribution in [-0.2, 0) is 0 Å². The summed E-state index contributed by atoms with van der Waals surface area (Å²) in [5.41, 5.74) is 2.61. The second-order valence-corrected chi connectivity index (χ2v) is 5.53. The molecule has 4 heteroatoms. The number of rotatable bonds is 2. The summed E-state index contributed by atoms with van der Waals surface area (Å²) >= 11 is 6.21. The molecule has 0 bridgehead atoms. The van der Waals surface area contributed by atoms with Crippen LogP contribution in [0.15, 0.2) is 42.6 Å². The minimum Gasteiger partial charge on any atom is -0.368 e. The maximum absolute atomic E-state index is 6.21. The van der Waals surface area contributed by atoms with Gasteiger partial charge in [0.2, 0.25) is 0 Å². The summed E-state index contributed by atoms with van der Waals surface area (Å²) in [6, 6.07) is 12.4. The van der Waals surface area contributed by atoms with Gasteiger partial charge in [0.05, 0.1) is 5.02 Å². The van der Waals surface area contributed by atoms with Crippen molar-refractivity contribution in [1.29, 1.82) is 0 Å². The molecule has 0 aliphatic carbocycles. The second-order valence-electron chi connectivity index (χ2n) is 5.12. The molecule has 1 aromatic carbocycles. The molecule has 2 aromatic rings. The molecule has 0 atom stereocenters. The van der Waals surface area contributed by atoms with E-state index in [1.807, 2.05) is 12.1 Å². The molecule has 0 spiro atoms. The number of nitrogens with zero attached hydrogens (tertiary/aromatic N) is 3. The zero-order chi connectivity index (χ0) is 13.9. The molecular formula is C16H18ClN3. The zero-order valence-electron chi connectivity index (χ0n) is 11.6. The number of anilines is 2. The first-order chi connectivity index (χ1) is 9.74. The van der Waals surface area contributed by atoms with Gasteiger partial charge in [0.25, 0.3) is 0 Å². The van der Waals surface area contributed by atoms with Gasteiger partial charge >= 0.3 is 0 Å². The maximum atomic E-state index is 6.21. The summed E-state index contributed by atoms with van der Waals surface area (Å²) in [5.74, 6) is 0.901. The fraction of sp³-hybridized carbons (Fsp3) is 0.312. The Balaban J connectivity index is 1.70. The van der Waals surface area contributed by atoms with Crippen molar-refractivity contribution in [3.63, 3.8) is 0 Å². The van der Waals surface area contributed by atoms with Gasteiger partial charge in [0, 0.05) is 38.1 Å². The van der Waals surface area contributed by atoms with Crippen molar-refractivity contribution in [2.75, 3.05) is 36.0 Å². The number of pyridine rings is 1. The van der Waals surface area contributed by atoms with E-state index < -0.39 is 0 Å². The Morgan fingerprint density at radius 3 is 2.45 bits per heavy atom. The molecule has 1 fully saturated rings. The first kappa shape index (κ1) is 13.3. The summed E-state index contributed by atoms with van der Waals surface area (Å²) in [6.45, 7) is 6.02. The Kier molecular flexibility index (Phi) is 3.79. The first-order valence-corrected chi connectivity index (χ1v) is 7.29. The number of hydrogen-bond acceptors (Lipinski definition) is 3. The average Bonchev–Trinajstić information content (AvgIpc) is 2.48. The normalized spacial score (nSPS) is 15.5.